The number of likely N-dealkylation sites (tertiary alicyclic amines) is 1. The minimum Gasteiger partial charge on any atom is -0.492 e. The van der Waals surface area contributed by atoms with Crippen LogP contribution in [0, 0.1) is 5.92 Å². The number of aromatic nitrogens is 3. The number of methoxy groups -OCH3 is 1. The molecule has 0 radical (unpaired) electrons. The summed E-state index contributed by atoms with van der Waals surface area (Å²) in [5.41, 5.74) is 0.841. The van der Waals surface area contributed by atoms with E-state index < -0.39 is 0 Å². The Morgan fingerprint density at radius 3 is 2.70 bits per heavy atom. The Labute approximate surface area is 188 Å². The Kier molecular flexibility index (Phi) is 6.20. The second-order valence-electron chi connectivity index (χ2n) is 7.27. The third kappa shape index (κ3) is 3.89. The molecule has 1 atom stereocenters. The molecule has 3 heterocycles. The summed E-state index contributed by atoms with van der Waals surface area (Å²) in [4.78, 5) is 20.0. The highest BCUT2D eigenvalue weighted by Crippen LogP contribution is 2.43. The maximum absolute atomic E-state index is 11.9. The summed E-state index contributed by atoms with van der Waals surface area (Å²) in [6.45, 7) is 3.30. The SMILES string of the molecule is CCc1nc2sc(C(c3ccc(Cl)cc3Cl)N3CCC(C(=O)OC)CC3)c(O)n2n1. The molecular formula is C20H22Cl2N4O3S. The van der Waals surface area contributed by atoms with Gasteiger partial charge in [0.05, 0.1) is 23.9 Å². The van der Waals surface area contributed by atoms with Gasteiger partial charge in [-0.1, -0.05) is 47.5 Å². The van der Waals surface area contributed by atoms with Crippen molar-refractivity contribution in [2.24, 2.45) is 5.92 Å². The molecule has 1 fully saturated rings. The second kappa shape index (κ2) is 8.70. The summed E-state index contributed by atoms with van der Waals surface area (Å²) in [7, 11) is 1.42. The van der Waals surface area contributed by atoms with Crippen molar-refractivity contribution in [1.29, 1.82) is 0 Å². The lowest BCUT2D eigenvalue weighted by atomic mass is 9.93. The smallest absolute Gasteiger partial charge is 0.308 e. The molecule has 1 unspecified atom stereocenters. The molecule has 0 aliphatic carbocycles. The minimum atomic E-state index is -0.299. The van der Waals surface area contributed by atoms with Crippen molar-refractivity contribution in [3.05, 3.63) is 44.5 Å². The molecule has 1 aliphatic heterocycles. The van der Waals surface area contributed by atoms with E-state index >= 15 is 0 Å². The van der Waals surface area contributed by atoms with Crippen LogP contribution >= 0.6 is 34.5 Å². The lowest BCUT2D eigenvalue weighted by molar-refractivity contribution is -0.147. The Balaban J connectivity index is 1.74. The maximum atomic E-state index is 11.9. The Bertz CT molecular complexity index is 1080. The van der Waals surface area contributed by atoms with E-state index in [2.05, 4.69) is 15.0 Å². The molecule has 0 saturated carbocycles. The van der Waals surface area contributed by atoms with Crippen molar-refractivity contribution in [3.63, 3.8) is 0 Å². The predicted molar refractivity (Wildman–Crippen MR) is 117 cm³/mol. The lowest BCUT2D eigenvalue weighted by Gasteiger charge is -2.36. The fourth-order valence-corrected chi connectivity index (χ4v) is 5.54. The zero-order valence-corrected chi connectivity index (χ0v) is 19.0. The molecule has 160 valence electrons. The predicted octanol–water partition coefficient (Wildman–Crippen LogP) is 4.34. The van der Waals surface area contributed by atoms with E-state index in [0.717, 1.165) is 5.56 Å². The fourth-order valence-electron chi connectivity index (χ4n) is 3.91. The van der Waals surface area contributed by atoms with Crippen LogP contribution in [0.4, 0.5) is 0 Å². The monoisotopic (exact) mass is 468 g/mol. The molecule has 10 heteroatoms. The highest BCUT2D eigenvalue weighted by molar-refractivity contribution is 7.17. The summed E-state index contributed by atoms with van der Waals surface area (Å²) in [6.07, 6.45) is 2.04. The lowest BCUT2D eigenvalue weighted by Crippen LogP contribution is -2.39. The number of carbonyl (C=O) groups is 1. The average molecular weight is 469 g/mol. The van der Waals surface area contributed by atoms with E-state index in [1.807, 2.05) is 13.0 Å². The number of aromatic hydroxyl groups is 1. The number of halogens is 2. The van der Waals surface area contributed by atoms with Crippen molar-refractivity contribution >= 4 is 45.5 Å². The molecule has 4 rings (SSSR count). The quantitative estimate of drug-likeness (QED) is 0.560. The first-order valence-electron chi connectivity index (χ1n) is 9.77. The second-order valence-corrected chi connectivity index (χ2v) is 9.12. The van der Waals surface area contributed by atoms with Gasteiger partial charge >= 0.3 is 5.97 Å². The molecule has 1 saturated heterocycles. The first-order chi connectivity index (χ1) is 14.4. The zero-order chi connectivity index (χ0) is 21.4. The number of carbonyl (C=O) groups excluding carboxylic acids is 1. The molecule has 1 aromatic carbocycles. The van der Waals surface area contributed by atoms with Crippen LogP contribution in [-0.2, 0) is 16.0 Å². The van der Waals surface area contributed by atoms with Gasteiger partial charge in [-0.2, -0.15) is 4.52 Å². The van der Waals surface area contributed by atoms with E-state index in [9.17, 15) is 9.90 Å². The number of ether oxygens (including phenoxy) is 1. The van der Waals surface area contributed by atoms with Crippen LogP contribution in [0.3, 0.4) is 0 Å². The summed E-state index contributed by atoms with van der Waals surface area (Å²) < 4.78 is 6.39. The normalized spacial score (nSPS) is 16.8. The van der Waals surface area contributed by atoms with Gasteiger partial charge in [0.1, 0.15) is 0 Å². The fraction of sp³-hybridized carbons (Fsp3) is 0.450. The third-order valence-electron chi connectivity index (χ3n) is 5.49. The van der Waals surface area contributed by atoms with Gasteiger partial charge in [0.15, 0.2) is 5.82 Å². The Morgan fingerprint density at radius 1 is 1.37 bits per heavy atom. The topological polar surface area (TPSA) is 80.0 Å². The number of thiazole rings is 1. The van der Waals surface area contributed by atoms with E-state index in [-0.39, 0.29) is 23.8 Å². The van der Waals surface area contributed by atoms with Crippen LogP contribution in [0.15, 0.2) is 18.2 Å². The molecule has 0 amide bonds. The molecular weight excluding hydrogens is 447 g/mol. The highest BCUT2D eigenvalue weighted by Gasteiger charge is 2.35. The Hall–Kier alpha value is -1.87. The van der Waals surface area contributed by atoms with Gasteiger partial charge in [0.2, 0.25) is 10.8 Å². The summed E-state index contributed by atoms with van der Waals surface area (Å²) >= 11 is 14.1. The summed E-state index contributed by atoms with van der Waals surface area (Å²) in [5.74, 6) is 0.455. The van der Waals surface area contributed by atoms with Gasteiger partial charge in [-0.15, -0.1) is 5.10 Å². The number of aryl methyl sites for hydroxylation is 1. The van der Waals surface area contributed by atoms with Crippen LogP contribution < -0.4 is 0 Å². The number of fused-ring (bicyclic) bond motifs is 1. The van der Waals surface area contributed by atoms with Gasteiger partial charge in [0.25, 0.3) is 0 Å². The maximum Gasteiger partial charge on any atom is 0.308 e. The molecule has 30 heavy (non-hydrogen) atoms. The van der Waals surface area contributed by atoms with E-state index in [1.54, 1.807) is 12.1 Å². The molecule has 0 bridgehead atoms. The number of hydrogen-bond acceptors (Lipinski definition) is 7. The Morgan fingerprint density at radius 2 is 2.10 bits per heavy atom. The standard InChI is InChI=1S/C20H22Cl2N4O3S/c1-3-15-23-20-26(24-15)18(27)17(30-20)16(13-5-4-12(21)10-14(13)22)25-8-6-11(7-9-25)19(28)29-2/h4-5,10-11,16,27H,3,6-9H2,1-2H3. The van der Waals surface area contributed by atoms with Crippen molar-refractivity contribution < 1.29 is 14.6 Å². The highest BCUT2D eigenvalue weighted by atomic mass is 35.5. The number of esters is 1. The summed E-state index contributed by atoms with van der Waals surface area (Å²) in [5, 5.41) is 16.4. The molecule has 1 aliphatic rings. The van der Waals surface area contributed by atoms with Gasteiger partial charge in [-0.25, -0.2) is 4.98 Å². The van der Waals surface area contributed by atoms with Gasteiger partial charge < -0.3 is 9.84 Å². The molecule has 0 spiro atoms. The van der Waals surface area contributed by atoms with Crippen molar-refractivity contribution in [3.8, 4) is 5.88 Å². The molecule has 3 aromatic rings. The van der Waals surface area contributed by atoms with Crippen molar-refractivity contribution in [2.75, 3.05) is 20.2 Å². The summed E-state index contributed by atoms with van der Waals surface area (Å²) in [6, 6.07) is 5.08. The number of piperidine rings is 1. The first kappa shape index (κ1) is 21.4. The number of hydrogen-bond donors (Lipinski definition) is 1. The van der Waals surface area contributed by atoms with E-state index in [0.29, 0.717) is 58.1 Å². The van der Waals surface area contributed by atoms with Gasteiger partial charge in [-0.05, 0) is 43.6 Å². The number of rotatable bonds is 5. The van der Waals surface area contributed by atoms with E-state index in [4.69, 9.17) is 27.9 Å². The average Bonchev–Trinajstić information content (AvgIpc) is 3.29. The molecule has 1 N–H and O–H groups in total. The third-order valence-corrected chi connectivity index (χ3v) is 7.13. The number of nitrogens with zero attached hydrogens (tertiary/aromatic N) is 4. The largest absolute Gasteiger partial charge is 0.492 e. The zero-order valence-electron chi connectivity index (χ0n) is 16.6. The van der Waals surface area contributed by atoms with Crippen LogP contribution in [-0.4, -0.2) is 50.8 Å². The van der Waals surface area contributed by atoms with Crippen LogP contribution in [0.1, 0.15) is 42.1 Å². The van der Waals surface area contributed by atoms with Crippen LogP contribution in [0.5, 0.6) is 5.88 Å². The van der Waals surface area contributed by atoms with Gasteiger partial charge in [0, 0.05) is 16.5 Å². The van der Waals surface area contributed by atoms with Crippen LogP contribution in [0.25, 0.3) is 4.96 Å². The molecule has 7 nitrogen and oxygen atoms in total. The van der Waals surface area contributed by atoms with E-state index in [1.165, 1.54) is 23.0 Å². The molecule has 2 aromatic heterocycles. The minimum absolute atomic E-state index is 0.0632. The van der Waals surface area contributed by atoms with Crippen molar-refractivity contribution in [1.82, 2.24) is 19.5 Å². The van der Waals surface area contributed by atoms with Crippen molar-refractivity contribution in [2.45, 2.75) is 32.2 Å². The van der Waals surface area contributed by atoms with Crippen LogP contribution in [0.2, 0.25) is 10.0 Å². The van der Waals surface area contributed by atoms with Gasteiger partial charge in [-0.3, -0.25) is 9.69 Å². The number of benzene rings is 1. The first-order valence-corrected chi connectivity index (χ1v) is 11.3.